The molecule has 0 aliphatic carbocycles. The summed E-state index contributed by atoms with van der Waals surface area (Å²) in [5.41, 5.74) is 0.174. The first-order chi connectivity index (χ1) is 22.1. The van der Waals surface area contributed by atoms with Crippen molar-refractivity contribution in [1.82, 2.24) is 15.4 Å². The minimum Gasteiger partial charge on any atom is -0.496 e. The smallest absolute Gasteiger partial charge is 0.414 e. The van der Waals surface area contributed by atoms with Gasteiger partial charge in [0.1, 0.15) is 23.1 Å². The summed E-state index contributed by atoms with van der Waals surface area (Å²) in [5, 5.41) is 16.2. The Kier molecular flexibility index (Phi) is 13.8. The minimum atomic E-state index is -4.26. The Labute approximate surface area is 283 Å². The number of carbonyl (C=O) groups excluding carboxylic acids is 3. The maximum absolute atomic E-state index is 13.6. The van der Waals surface area contributed by atoms with E-state index in [9.17, 15) is 27.9 Å². The highest BCUT2D eigenvalue weighted by Crippen LogP contribution is 2.30. The summed E-state index contributed by atoms with van der Waals surface area (Å²) in [7, 11) is -1.49. The van der Waals surface area contributed by atoms with Crippen LogP contribution in [0.4, 0.5) is 9.59 Å². The molecule has 0 saturated heterocycles. The van der Waals surface area contributed by atoms with E-state index in [-0.39, 0.29) is 43.2 Å². The van der Waals surface area contributed by atoms with E-state index in [0.717, 1.165) is 0 Å². The van der Waals surface area contributed by atoms with Crippen molar-refractivity contribution in [3.05, 3.63) is 22.8 Å². The van der Waals surface area contributed by atoms with Crippen molar-refractivity contribution < 1.29 is 46.9 Å². The number of aliphatic hydroxyl groups excluding tert-OH is 1. The van der Waals surface area contributed by atoms with Gasteiger partial charge in [0.2, 0.25) is 5.96 Å². The lowest BCUT2D eigenvalue weighted by atomic mass is 9.96. The SMILES string of the molecule is COC(=O)C1CN=C(C(O)[C@H](CCCN=C(NC(=O)OC(C)(C)C)NS(=O)(=O)c2c(C)cc(OC)c(C)c2C)NC(=O)OC(C)(C)C)C1. The molecule has 0 spiro atoms. The number of sulfonamides is 1. The van der Waals surface area contributed by atoms with E-state index in [1.54, 1.807) is 68.4 Å². The zero-order valence-electron chi connectivity index (χ0n) is 29.8. The number of aliphatic imine (C=N–C) groups is 2. The van der Waals surface area contributed by atoms with Crippen molar-refractivity contribution in [2.75, 3.05) is 27.3 Å². The van der Waals surface area contributed by atoms with Crippen molar-refractivity contribution in [2.24, 2.45) is 15.9 Å². The van der Waals surface area contributed by atoms with Crippen molar-refractivity contribution in [3.8, 4) is 5.75 Å². The van der Waals surface area contributed by atoms with Crippen LogP contribution in [0.5, 0.6) is 5.75 Å². The van der Waals surface area contributed by atoms with Gasteiger partial charge in [-0.05, 0) is 97.9 Å². The van der Waals surface area contributed by atoms with Gasteiger partial charge in [0.05, 0.1) is 37.6 Å². The van der Waals surface area contributed by atoms with Gasteiger partial charge >= 0.3 is 18.2 Å². The van der Waals surface area contributed by atoms with Crippen LogP contribution in [0.15, 0.2) is 20.9 Å². The summed E-state index contributed by atoms with van der Waals surface area (Å²) < 4.78 is 50.5. The second-order valence-electron chi connectivity index (χ2n) is 13.5. The Morgan fingerprint density at radius 2 is 1.62 bits per heavy atom. The standard InChI is InChI=1S/C32H51N5O10S/c1-18-15-24(44-10)19(2)20(3)26(18)48(42,43)37-28(36-30(41)47-32(7,8)9)33-14-12-13-22(35-29(40)46-31(4,5)6)25(38)23-16-21(17-34-23)27(39)45-11/h15,21-22,25,38H,12-14,16-17H2,1-11H3,(H,35,40)(H2,33,36,37,41)/t21?,22-,25?/m0/s1. The van der Waals surface area contributed by atoms with Crippen LogP contribution < -0.4 is 20.1 Å². The number of hydrogen-bond donors (Lipinski definition) is 4. The quantitative estimate of drug-likeness (QED) is 0.0872. The lowest BCUT2D eigenvalue weighted by molar-refractivity contribution is -0.144. The summed E-state index contributed by atoms with van der Waals surface area (Å²) in [5.74, 6) is -0.835. The van der Waals surface area contributed by atoms with E-state index in [1.807, 2.05) is 0 Å². The number of ether oxygens (including phenoxy) is 4. The van der Waals surface area contributed by atoms with Crippen molar-refractivity contribution in [3.63, 3.8) is 0 Å². The maximum atomic E-state index is 13.6. The van der Waals surface area contributed by atoms with Crippen LogP contribution in [0.3, 0.4) is 0 Å². The first kappa shape index (κ1) is 40.3. The summed E-state index contributed by atoms with van der Waals surface area (Å²) >= 11 is 0. The predicted molar refractivity (Wildman–Crippen MR) is 180 cm³/mol. The lowest BCUT2D eigenvalue weighted by Crippen LogP contribution is -2.48. The number of rotatable bonds is 11. The van der Waals surface area contributed by atoms with Crippen molar-refractivity contribution in [2.45, 2.75) is 110 Å². The maximum Gasteiger partial charge on any atom is 0.414 e. The third-order valence-corrected chi connectivity index (χ3v) is 8.82. The fourth-order valence-electron chi connectivity index (χ4n) is 4.97. The van der Waals surface area contributed by atoms with E-state index >= 15 is 0 Å². The molecule has 0 saturated carbocycles. The van der Waals surface area contributed by atoms with Gasteiger partial charge in [-0.25, -0.2) is 22.7 Å². The number of guanidine groups is 1. The highest BCUT2D eigenvalue weighted by molar-refractivity contribution is 7.90. The number of aliphatic hydroxyl groups is 1. The molecule has 15 nitrogen and oxygen atoms in total. The number of aryl methyl sites for hydroxylation is 1. The van der Waals surface area contributed by atoms with Gasteiger partial charge in [-0.15, -0.1) is 0 Å². The third kappa shape index (κ3) is 12.0. The van der Waals surface area contributed by atoms with Gasteiger partial charge in [-0.3, -0.25) is 20.1 Å². The molecular formula is C32H51N5O10S. The number of nitrogens with one attached hydrogen (secondary N) is 3. The number of alkyl carbamates (subject to hydrolysis) is 2. The molecule has 0 bridgehead atoms. The molecule has 0 fully saturated rings. The molecule has 1 aromatic rings. The van der Waals surface area contributed by atoms with Crippen LogP contribution in [0, 0.1) is 26.7 Å². The lowest BCUT2D eigenvalue weighted by Gasteiger charge is -2.27. The number of nitrogens with zero attached hydrogens (tertiary/aromatic N) is 2. The summed E-state index contributed by atoms with van der Waals surface area (Å²) in [6, 6.07) is 0.719. The molecule has 1 aliphatic heterocycles. The molecule has 2 rings (SSSR count). The fraction of sp³-hybridized carbons (Fsp3) is 0.656. The number of benzene rings is 1. The molecule has 0 radical (unpaired) electrons. The van der Waals surface area contributed by atoms with Crippen molar-refractivity contribution >= 4 is 39.9 Å². The summed E-state index contributed by atoms with van der Waals surface area (Å²) in [6.07, 6.45) is -2.42. The van der Waals surface area contributed by atoms with Crippen LogP contribution in [0.2, 0.25) is 0 Å². The molecule has 2 amide bonds. The van der Waals surface area contributed by atoms with Crippen LogP contribution >= 0.6 is 0 Å². The molecule has 1 heterocycles. The minimum absolute atomic E-state index is 0.00633. The number of carbonyl (C=O) groups is 3. The average molecular weight is 698 g/mol. The highest BCUT2D eigenvalue weighted by Gasteiger charge is 2.34. The summed E-state index contributed by atoms with van der Waals surface area (Å²) in [6.45, 7) is 15.2. The Morgan fingerprint density at radius 3 is 2.19 bits per heavy atom. The van der Waals surface area contributed by atoms with Gasteiger partial charge in [0.25, 0.3) is 10.0 Å². The van der Waals surface area contributed by atoms with Gasteiger partial charge in [-0.1, -0.05) is 0 Å². The summed E-state index contributed by atoms with van der Waals surface area (Å²) in [4.78, 5) is 46.0. The Hall–Kier alpha value is -3.92. The molecule has 1 aliphatic rings. The number of hydrogen-bond acceptors (Lipinski definition) is 12. The van der Waals surface area contributed by atoms with Gasteiger partial charge in [0, 0.05) is 18.7 Å². The van der Waals surface area contributed by atoms with E-state index in [2.05, 4.69) is 25.3 Å². The molecule has 2 unspecified atom stereocenters. The van der Waals surface area contributed by atoms with E-state index in [4.69, 9.17) is 18.9 Å². The third-order valence-electron chi connectivity index (χ3n) is 7.19. The Morgan fingerprint density at radius 1 is 1.02 bits per heavy atom. The largest absolute Gasteiger partial charge is 0.496 e. The normalized spacial score (nSPS) is 16.7. The Bertz CT molecular complexity index is 1510. The van der Waals surface area contributed by atoms with E-state index in [0.29, 0.717) is 28.2 Å². The zero-order valence-corrected chi connectivity index (χ0v) is 30.6. The topological polar surface area (TPSA) is 203 Å². The Balaban J connectivity index is 2.33. The van der Waals surface area contributed by atoms with Gasteiger partial charge < -0.3 is 29.4 Å². The van der Waals surface area contributed by atoms with Crippen LogP contribution in [0.1, 0.15) is 77.5 Å². The fourth-order valence-corrected chi connectivity index (χ4v) is 6.48. The molecule has 3 atom stereocenters. The van der Waals surface area contributed by atoms with E-state index < -0.39 is 57.4 Å². The molecule has 48 heavy (non-hydrogen) atoms. The predicted octanol–water partition coefficient (Wildman–Crippen LogP) is 3.45. The average Bonchev–Trinajstić information content (AvgIpc) is 3.43. The number of esters is 1. The molecule has 4 N–H and O–H groups in total. The van der Waals surface area contributed by atoms with Gasteiger partial charge in [0.15, 0.2) is 0 Å². The monoisotopic (exact) mass is 697 g/mol. The molecule has 1 aromatic carbocycles. The van der Waals surface area contributed by atoms with Crippen molar-refractivity contribution in [1.29, 1.82) is 0 Å². The second kappa shape index (κ2) is 16.5. The van der Waals surface area contributed by atoms with Crippen LogP contribution in [0.25, 0.3) is 0 Å². The highest BCUT2D eigenvalue weighted by atomic mass is 32.2. The molecule has 270 valence electrons. The molecule has 0 aromatic heterocycles. The van der Waals surface area contributed by atoms with Crippen LogP contribution in [-0.4, -0.2) is 94.0 Å². The molecular weight excluding hydrogens is 646 g/mol. The second-order valence-corrected chi connectivity index (χ2v) is 15.2. The van der Waals surface area contributed by atoms with E-state index in [1.165, 1.54) is 14.2 Å². The number of methoxy groups -OCH3 is 2. The number of amides is 2. The zero-order chi connectivity index (χ0) is 36.6. The molecule has 16 heteroatoms. The first-order valence-electron chi connectivity index (χ1n) is 15.6. The van der Waals surface area contributed by atoms with Gasteiger partial charge in [-0.2, -0.15) is 0 Å². The van der Waals surface area contributed by atoms with Crippen LogP contribution in [-0.2, 0) is 29.0 Å². The first-order valence-corrected chi connectivity index (χ1v) is 17.1.